The van der Waals surface area contributed by atoms with Crippen LogP contribution < -0.4 is 10.6 Å². The number of hydrogen-bond acceptors (Lipinski definition) is 3. The zero-order chi connectivity index (χ0) is 35.5. The molecule has 0 saturated heterocycles. The van der Waals surface area contributed by atoms with Gasteiger partial charge in [0.2, 0.25) is 0 Å². The third kappa shape index (κ3) is 6.48. The first-order valence-corrected chi connectivity index (χ1v) is 20.0. The van der Waals surface area contributed by atoms with Gasteiger partial charge in [0, 0.05) is 0 Å². The van der Waals surface area contributed by atoms with Crippen LogP contribution in [0.1, 0.15) is 152 Å². The molecule has 0 aliphatic rings. The topological polar surface area (TPSA) is 60.7 Å². The van der Waals surface area contributed by atoms with Crippen molar-refractivity contribution in [1.29, 1.82) is 0 Å². The molecule has 0 aliphatic carbocycles. The van der Waals surface area contributed by atoms with E-state index >= 15 is 0 Å². The Kier molecular flexibility index (Phi) is 9.81. The minimum atomic E-state index is -5.70. The molecule has 0 fully saturated rings. The van der Waals surface area contributed by atoms with E-state index in [9.17, 15) is 14.7 Å². The van der Waals surface area contributed by atoms with Crippen LogP contribution in [-0.4, -0.2) is 14.7 Å². The summed E-state index contributed by atoms with van der Waals surface area (Å²) in [6, 6.07) is 24.9. The Balaban J connectivity index is 1.87. The van der Waals surface area contributed by atoms with E-state index in [1.165, 1.54) is 22.1 Å². The van der Waals surface area contributed by atoms with Crippen LogP contribution >= 0.6 is 7.28 Å². The molecular weight excluding hydrogens is 607 g/mol. The SMILES string of the molecule is CC(C)c1cc(C(C)C)c2cc(-c3ccccc3P(O)(O)(O)c3cc4c(C(C)C)cc(C(C)C)cc4cc3C(C)C)c(C(C)C)cc2c1. The Morgan fingerprint density at radius 3 is 1.29 bits per heavy atom. The van der Waals surface area contributed by atoms with E-state index in [1.54, 1.807) is 12.1 Å². The molecule has 0 radical (unpaired) electrons. The van der Waals surface area contributed by atoms with Gasteiger partial charge in [-0.2, -0.15) is 0 Å². The molecule has 3 nitrogen and oxygen atoms in total. The molecule has 256 valence electrons. The first kappa shape index (κ1) is 36.2. The quantitative estimate of drug-likeness (QED) is 0.137. The van der Waals surface area contributed by atoms with Crippen LogP contribution in [0.25, 0.3) is 32.7 Å². The second-order valence-electron chi connectivity index (χ2n) is 15.9. The van der Waals surface area contributed by atoms with Gasteiger partial charge < -0.3 is 0 Å². The van der Waals surface area contributed by atoms with Crippen LogP contribution in [0.5, 0.6) is 0 Å². The minimum absolute atomic E-state index is 0.0506. The van der Waals surface area contributed by atoms with Gasteiger partial charge in [0.1, 0.15) is 0 Å². The van der Waals surface area contributed by atoms with Gasteiger partial charge in [0.25, 0.3) is 0 Å². The number of hydrogen-bond donors (Lipinski definition) is 3. The second-order valence-corrected chi connectivity index (χ2v) is 18.9. The molecule has 0 spiro atoms. The Labute approximate surface area is 289 Å². The summed E-state index contributed by atoms with van der Waals surface area (Å²) in [5, 5.41) is 4.79. The standard InChI is InChI=1S/C44H57O3P/c1-25(2)31-17-33-21-38(29(9)10)42(23-40(33)36(19-31)27(5)6)35-15-13-14-16-43(35)48(45,46,47)44-24-41-34(22-39(44)30(11)12)18-32(26(3)4)20-37(41)28(7)8/h13-30,45-47H,1-12H3. The van der Waals surface area contributed by atoms with Gasteiger partial charge in [-0.05, 0) is 0 Å². The van der Waals surface area contributed by atoms with Crippen LogP contribution in [0.4, 0.5) is 0 Å². The van der Waals surface area contributed by atoms with Gasteiger partial charge in [-0.1, -0.05) is 0 Å². The summed E-state index contributed by atoms with van der Waals surface area (Å²) in [5.41, 5.74) is 8.45. The van der Waals surface area contributed by atoms with Crippen molar-refractivity contribution in [2.45, 2.75) is 119 Å². The van der Waals surface area contributed by atoms with Crippen molar-refractivity contribution in [1.82, 2.24) is 0 Å². The summed E-state index contributed by atoms with van der Waals surface area (Å²) in [4.78, 5) is 38.0. The van der Waals surface area contributed by atoms with Crippen LogP contribution in [0, 0.1) is 0 Å². The maximum absolute atomic E-state index is 12.7. The zero-order valence-corrected chi connectivity index (χ0v) is 32.1. The molecule has 0 atom stereocenters. The van der Waals surface area contributed by atoms with E-state index in [1.807, 2.05) is 18.2 Å². The monoisotopic (exact) mass is 664 g/mol. The summed E-state index contributed by atoms with van der Waals surface area (Å²) < 4.78 is 0. The van der Waals surface area contributed by atoms with Crippen molar-refractivity contribution in [3.05, 3.63) is 106 Å². The van der Waals surface area contributed by atoms with E-state index < -0.39 is 7.28 Å². The molecule has 5 aromatic carbocycles. The number of rotatable bonds is 9. The van der Waals surface area contributed by atoms with Crippen molar-refractivity contribution in [2.75, 3.05) is 0 Å². The van der Waals surface area contributed by atoms with Crippen LogP contribution in [0.3, 0.4) is 0 Å². The van der Waals surface area contributed by atoms with Gasteiger partial charge in [0.15, 0.2) is 0 Å². The normalized spacial score (nSPS) is 13.6. The van der Waals surface area contributed by atoms with Crippen LogP contribution in [-0.2, 0) is 0 Å². The van der Waals surface area contributed by atoms with E-state index in [4.69, 9.17) is 0 Å². The molecule has 48 heavy (non-hydrogen) atoms. The molecule has 0 amide bonds. The van der Waals surface area contributed by atoms with Crippen molar-refractivity contribution < 1.29 is 14.7 Å². The molecular formula is C44H57O3P. The van der Waals surface area contributed by atoms with E-state index in [0.717, 1.165) is 38.4 Å². The molecule has 0 saturated carbocycles. The van der Waals surface area contributed by atoms with Crippen molar-refractivity contribution in [3.8, 4) is 11.1 Å². The second kappa shape index (κ2) is 13.0. The molecule has 0 heterocycles. The van der Waals surface area contributed by atoms with E-state index in [0.29, 0.717) is 23.3 Å². The average Bonchev–Trinajstić information content (AvgIpc) is 3.01. The predicted octanol–water partition coefficient (Wildman–Crippen LogP) is 11.6. The van der Waals surface area contributed by atoms with Crippen LogP contribution in [0.15, 0.2) is 72.8 Å². The third-order valence-electron chi connectivity index (χ3n) is 10.2. The molecule has 5 rings (SSSR count). The Morgan fingerprint density at radius 2 is 0.833 bits per heavy atom. The summed E-state index contributed by atoms with van der Waals surface area (Å²) in [6.07, 6.45) is 0. The average molecular weight is 665 g/mol. The summed E-state index contributed by atoms with van der Waals surface area (Å²) in [7, 11) is -5.70. The van der Waals surface area contributed by atoms with Crippen molar-refractivity contribution >= 4 is 39.4 Å². The first-order valence-electron chi connectivity index (χ1n) is 17.9. The van der Waals surface area contributed by atoms with Gasteiger partial charge in [-0.15, -0.1) is 0 Å². The summed E-state index contributed by atoms with van der Waals surface area (Å²) in [6.45, 7) is 26.1. The van der Waals surface area contributed by atoms with Gasteiger partial charge >= 0.3 is 290 Å². The Hall–Kier alpha value is -3.07. The van der Waals surface area contributed by atoms with Gasteiger partial charge in [-0.3, -0.25) is 0 Å². The number of fused-ring (bicyclic) bond motifs is 2. The fraction of sp³-hybridized carbons (Fsp3) is 0.409. The Bertz CT molecular complexity index is 1990. The van der Waals surface area contributed by atoms with Crippen molar-refractivity contribution in [3.63, 3.8) is 0 Å². The summed E-state index contributed by atoms with van der Waals surface area (Å²) in [5.74, 6) is 1.41. The van der Waals surface area contributed by atoms with Gasteiger partial charge in [-0.25, -0.2) is 0 Å². The van der Waals surface area contributed by atoms with Crippen LogP contribution in [0.2, 0.25) is 0 Å². The maximum atomic E-state index is 12.7. The molecule has 0 aliphatic heterocycles. The number of benzene rings is 5. The summed E-state index contributed by atoms with van der Waals surface area (Å²) >= 11 is 0. The fourth-order valence-electron chi connectivity index (χ4n) is 7.29. The molecule has 0 unspecified atom stereocenters. The molecule has 0 bridgehead atoms. The Morgan fingerprint density at radius 1 is 0.396 bits per heavy atom. The first-order chi connectivity index (χ1) is 22.3. The fourth-order valence-corrected chi connectivity index (χ4v) is 9.72. The molecule has 0 aromatic heterocycles. The molecule has 3 N–H and O–H groups in total. The van der Waals surface area contributed by atoms with E-state index in [2.05, 4.69) is 126 Å². The van der Waals surface area contributed by atoms with E-state index in [-0.39, 0.29) is 28.4 Å². The third-order valence-corrected chi connectivity index (χ3v) is 12.8. The zero-order valence-electron chi connectivity index (χ0n) is 31.2. The predicted molar refractivity (Wildman–Crippen MR) is 211 cm³/mol. The van der Waals surface area contributed by atoms with Gasteiger partial charge in [0.05, 0.1) is 0 Å². The molecule has 5 aromatic rings. The molecule has 4 heteroatoms. The van der Waals surface area contributed by atoms with Crippen molar-refractivity contribution in [2.24, 2.45) is 0 Å².